The van der Waals surface area contributed by atoms with Crippen molar-refractivity contribution in [1.82, 2.24) is 0 Å². The van der Waals surface area contributed by atoms with Gasteiger partial charge in [-0.2, -0.15) is 0 Å². The molecule has 1 unspecified atom stereocenters. The maximum atomic E-state index is 10.9. The molecule has 19 heavy (non-hydrogen) atoms. The van der Waals surface area contributed by atoms with Gasteiger partial charge in [0.25, 0.3) is 0 Å². The molecule has 1 rings (SSSR count). The lowest BCUT2D eigenvalue weighted by Gasteiger charge is -2.50. The van der Waals surface area contributed by atoms with E-state index in [2.05, 4.69) is 6.92 Å². The number of aliphatic hydroxyl groups excluding tert-OH is 3. The summed E-state index contributed by atoms with van der Waals surface area (Å²) in [5.41, 5.74) is -1.13. The fourth-order valence-electron chi connectivity index (χ4n) is 3.76. The van der Waals surface area contributed by atoms with Crippen LogP contribution in [0.15, 0.2) is 0 Å². The topological polar surface area (TPSA) is 80.9 Å². The Balaban J connectivity index is 2.89. The van der Waals surface area contributed by atoms with Crippen molar-refractivity contribution in [3.05, 3.63) is 0 Å². The van der Waals surface area contributed by atoms with Crippen LogP contribution in [0.2, 0.25) is 0 Å². The third kappa shape index (κ3) is 3.69. The van der Waals surface area contributed by atoms with Crippen LogP contribution in [0, 0.1) is 23.7 Å². The molecule has 0 aromatic heterocycles. The normalized spacial score (nSPS) is 39.0. The number of hydrogen-bond donors (Lipinski definition) is 4. The number of rotatable bonds is 6. The van der Waals surface area contributed by atoms with Crippen LogP contribution in [0.1, 0.15) is 46.5 Å². The van der Waals surface area contributed by atoms with E-state index in [1.165, 1.54) is 0 Å². The van der Waals surface area contributed by atoms with E-state index < -0.39 is 5.60 Å². The van der Waals surface area contributed by atoms with Crippen LogP contribution < -0.4 is 0 Å². The highest BCUT2D eigenvalue weighted by Crippen LogP contribution is 2.46. The Labute approximate surface area is 116 Å². The van der Waals surface area contributed by atoms with E-state index in [4.69, 9.17) is 0 Å². The average molecular weight is 274 g/mol. The van der Waals surface area contributed by atoms with Gasteiger partial charge in [0.1, 0.15) is 0 Å². The van der Waals surface area contributed by atoms with E-state index in [-0.39, 0.29) is 37.1 Å². The summed E-state index contributed by atoms with van der Waals surface area (Å²) in [5.74, 6) is 0.231. The van der Waals surface area contributed by atoms with Gasteiger partial charge in [-0.3, -0.25) is 0 Å². The molecule has 1 saturated carbocycles. The average Bonchev–Trinajstić information content (AvgIpc) is 2.37. The van der Waals surface area contributed by atoms with Crippen molar-refractivity contribution in [2.75, 3.05) is 13.2 Å². The third-order valence-electron chi connectivity index (χ3n) is 5.03. The molecule has 4 N–H and O–H groups in total. The highest BCUT2D eigenvalue weighted by atomic mass is 16.3. The van der Waals surface area contributed by atoms with E-state index in [0.29, 0.717) is 18.8 Å². The zero-order chi connectivity index (χ0) is 14.6. The van der Waals surface area contributed by atoms with E-state index in [1.54, 1.807) is 6.92 Å². The maximum absolute atomic E-state index is 10.9. The summed E-state index contributed by atoms with van der Waals surface area (Å²) in [7, 11) is 0. The van der Waals surface area contributed by atoms with Crippen molar-refractivity contribution in [3.8, 4) is 0 Å². The first-order valence-electron chi connectivity index (χ1n) is 7.49. The molecule has 0 radical (unpaired) electrons. The first kappa shape index (κ1) is 16.9. The maximum Gasteiger partial charge on any atom is 0.0939 e. The van der Waals surface area contributed by atoms with Crippen molar-refractivity contribution in [1.29, 1.82) is 0 Å². The third-order valence-corrected chi connectivity index (χ3v) is 5.03. The van der Waals surface area contributed by atoms with Crippen molar-refractivity contribution in [2.24, 2.45) is 23.7 Å². The van der Waals surface area contributed by atoms with Gasteiger partial charge in [0.15, 0.2) is 0 Å². The van der Waals surface area contributed by atoms with Crippen molar-refractivity contribution < 1.29 is 20.4 Å². The lowest BCUT2D eigenvalue weighted by atomic mass is 9.59. The first-order valence-corrected chi connectivity index (χ1v) is 7.49. The molecule has 0 amide bonds. The summed E-state index contributed by atoms with van der Waals surface area (Å²) in [5, 5.41) is 39.5. The molecule has 0 spiro atoms. The molecule has 0 aromatic rings. The van der Waals surface area contributed by atoms with Gasteiger partial charge in [0.05, 0.1) is 18.3 Å². The van der Waals surface area contributed by atoms with Crippen LogP contribution in [0.5, 0.6) is 0 Å². The molecule has 1 aliphatic rings. The van der Waals surface area contributed by atoms with Gasteiger partial charge in [-0.15, -0.1) is 0 Å². The van der Waals surface area contributed by atoms with Gasteiger partial charge < -0.3 is 20.4 Å². The second-order valence-corrected chi connectivity index (χ2v) is 6.50. The summed E-state index contributed by atoms with van der Waals surface area (Å²) in [4.78, 5) is 0. The second-order valence-electron chi connectivity index (χ2n) is 6.50. The van der Waals surface area contributed by atoms with Crippen LogP contribution in [-0.2, 0) is 0 Å². The lowest BCUT2D eigenvalue weighted by Crippen LogP contribution is -2.56. The second kappa shape index (κ2) is 7.02. The Hall–Kier alpha value is -0.160. The van der Waals surface area contributed by atoms with Crippen LogP contribution in [0.3, 0.4) is 0 Å². The fourth-order valence-corrected chi connectivity index (χ4v) is 3.76. The van der Waals surface area contributed by atoms with Crippen LogP contribution in [0.25, 0.3) is 0 Å². The minimum atomic E-state index is -1.13. The summed E-state index contributed by atoms with van der Waals surface area (Å²) in [6.07, 6.45) is 2.81. The van der Waals surface area contributed by atoms with Crippen LogP contribution in [0.4, 0.5) is 0 Å². The van der Waals surface area contributed by atoms with Gasteiger partial charge in [-0.1, -0.05) is 13.8 Å². The van der Waals surface area contributed by atoms with E-state index in [0.717, 1.165) is 12.8 Å². The zero-order valence-corrected chi connectivity index (χ0v) is 12.4. The molecule has 0 saturated heterocycles. The molecule has 6 atom stereocenters. The first-order chi connectivity index (χ1) is 8.86. The monoisotopic (exact) mass is 274 g/mol. The highest BCUT2D eigenvalue weighted by molar-refractivity contribution is 4.99. The van der Waals surface area contributed by atoms with Crippen molar-refractivity contribution in [3.63, 3.8) is 0 Å². The Morgan fingerprint density at radius 2 is 1.84 bits per heavy atom. The smallest absolute Gasteiger partial charge is 0.0939 e. The SMILES string of the molecule is CC(O)CC[C@H]1[C@H](C)CC[C@@H]([C@@H](C)CO)[C@@]1(O)CO. The van der Waals surface area contributed by atoms with Gasteiger partial charge in [0.2, 0.25) is 0 Å². The van der Waals surface area contributed by atoms with Gasteiger partial charge in [0, 0.05) is 6.61 Å². The van der Waals surface area contributed by atoms with E-state index >= 15 is 0 Å². The summed E-state index contributed by atoms with van der Waals surface area (Å²) >= 11 is 0. The zero-order valence-electron chi connectivity index (χ0n) is 12.4. The molecule has 0 aromatic carbocycles. The number of hydrogen-bond acceptors (Lipinski definition) is 4. The lowest BCUT2D eigenvalue weighted by molar-refractivity contribution is -0.162. The van der Waals surface area contributed by atoms with Crippen molar-refractivity contribution >= 4 is 0 Å². The fraction of sp³-hybridized carbons (Fsp3) is 1.00. The van der Waals surface area contributed by atoms with Crippen molar-refractivity contribution in [2.45, 2.75) is 58.2 Å². The molecule has 1 fully saturated rings. The molecular weight excluding hydrogens is 244 g/mol. The molecule has 4 nitrogen and oxygen atoms in total. The minimum absolute atomic E-state index is 0.0140. The molecule has 0 aliphatic heterocycles. The molecule has 0 heterocycles. The Bertz CT molecular complexity index is 269. The van der Waals surface area contributed by atoms with Gasteiger partial charge in [-0.05, 0) is 56.3 Å². The summed E-state index contributed by atoms with van der Waals surface area (Å²) < 4.78 is 0. The molecule has 0 bridgehead atoms. The van der Waals surface area contributed by atoms with Crippen LogP contribution >= 0.6 is 0 Å². The molecule has 114 valence electrons. The summed E-state index contributed by atoms with van der Waals surface area (Å²) in [6.45, 7) is 5.54. The van der Waals surface area contributed by atoms with Gasteiger partial charge >= 0.3 is 0 Å². The molecular formula is C15H30O4. The molecule has 4 heteroatoms. The Kier molecular flexibility index (Phi) is 6.24. The largest absolute Gasteiger partial charge is 0.396 e. The summed E-state index contributed by atoms with van der Waals surface area (Å²) in [6, 6.07) is 0. The minimum Gasteiger partial charge on any atom is -0.396 e. The number of aliphatic hydroxyl groups is 4. The standard InChI is InChI=1S/C15H30O4/c1-10-4-6-14(11(2)8-16)15(19,9-17)13(10)7-5-12(3)18/h10-14,16-19H,4-9H2,1-3H3/t10-,11+,12?,13+,14+,15-/m1/s1. The Morgan fingerprint density at radius 1 is 1.21 bits per heavy atom. The Morgan fingerprint density at radius 3 is 2.32 bits per heavy atom. The predicted octanol–water partition coefficient (Wildman–Crippen LogP) is 1.16. The van der Waals surface area contributed by atoms with E-state index in [1.807, 2.05) is 6.92 Å². The highest BCUT2D eigenvalue weighted by Gasteiger charge is 2.50. The quantitative estimate of drug-likeness (QED) is 0.586. The van der Waals surface area contributed by atoms with Gasteiger partial charge in [-0.25, -0.2) is 0 Å². The predicted molar refractivity (Wildman–Crippen MR) is 74.6 cm³/mol. The van der Waals surface area contributed by atoms with E-state index in [9.17, 15) is 20.4 Å². The molecule has 1 aliphatic carbocycles. The van der Waals surface area contributed by atoms with Crippen LogP contribution in [-0.4, -0.2) is 45.3 Å².